The van der Waals surface area contributed by atoms with Gasteiger partial charge < -0.3 is 44.3 Å². The van der Waals surface area contributed by atoms with Crippen LogP contribution in [0.4, 0.5) is 0 Å². The molecule has 0 bridgehead atoms. The van der Waals surface area contributed by atoms with Crippen molar-refractivity contribution in [2.75, 3.05) is 0 Å². The van der Waals surface area contributed by atoms with E-state index in [9.17, 15) is 39.6 Å². The Morgan fingerprint density at radius 2 is 1.48 bits per heavy atom. The maximum Gasteiger partial charge on any atom is 0.135 e. The van der Waals surface area contributed by atoms with Gasteiger partial charge in [-0.05, 0) is 5.56 Å². The van der Waals surface area contributed by atoms with Gasteiger partial charge in [0, 0.05) is 25.7 Å². The summed E-state index contributed by atoms with van der Waals surface area (Å²) >= 11 is 0. The molecule has 0 spiro atoms. The molecule has 9 heteroatoms. The lowest BCUT2D eigenvalue weighted by Crippen LogP contribution is -2.79. The molecule has 0 amide bonds. The third kappa shape index (κ3) is 3.67. The van der Waals surface area contributed by atoms with E-state index in [1.165, 1.54) is 24.3 Å². The predicted molar refractivity (Wildman–Crippen MR) is 97.6 cm³/mol. The van der Waals surface area contributed by atoms with Crippen molar-refractivity contribution in [1.82, 2.24) is 0 Å². The number of carbonyl (C=O) groups is 4. The summed E-state index contributed by atoms with van der Waals surface area (Å²) in [6.07, 6.45) is -16.8. The quantitative estimate of drug-likeness (QED) is 0.355. The molecule has 1 fully saturated rings. The Labute approximate surface area is 172 Å². The van der Waals surface area contributed by atoms with Crippen LogP contribution in [0.2, 0.25) is 0 Å². The molecule has 1 saturated heterocycles. The van der Waals surface area contributed by atoms with E-state index in [1.807, 2.05) is 0 Å². The lowest BCUT2D eigenvalue weighted by molar-refractivity contribution is -0.365. The highest BCUT2D eigenvalue weighted by Gasteiger charge is 2.72. The normalized spacial score (nSPS) is 37.4. The molecule has 0 aromatic heterocycles. The smallest absolute Gasteiger partial charge is 0.135 e. The van der Waals surface area contributed by atoms with Crippen LogP contribution in [0.5, 0.6) is 0 Å². The average Bonchev–Trinajstić information content (AvgIpc) is 2.65. The fourth-order valence-electron chi connectivity index (χ4n) is 3.90. The number of ether oxygens (including phenoxy) is 1. The lowest BCUT2D eigenvalue weighted by atomic mass is 9.58. The number of rotatable bonds is 10. The molecule has 9 nitrogen and oxygen atoms in total. The minimum Gasteiger partial charge on any atom is -0.390 e. The Morgan fingerprint density at radius 1 is 0.931 bits per heavy atom. The predicted octanol–water partition coefficient (Wildman–Crippen LogP) is -0.963. The average molecular weight is 412 g/mol. The Hall–Kier alpha value is -2.30. The van der Waals surface area contributed by atoms with E-state index in [2.05, 4.69) is 0 Å². The van der Waals surface area contributed by atoms with E-state index in [-0.39, 0.29) is 5.56 Å². The summed E-state index contributed by atoms with van der Waals surface area (Å²) < 4.78 is 34.7. The fraction of sp³-hybridized carbons (Fsp3) is 0.500. The molecule has 1 aliphatic heterocycles. The topological polar surface area (TPSA) is 158 Å². The van der Waals surface area contributed by atoms with Crippen molar-refractivity contribution in [3.05, 3.63) is 35.9 Å². The van der Waals surface area contributed by atoms with Gasteiger partial charge in [-0.3, -0.25) is 0 Å². The van der Waals surface area contributed by atoms with Crippen molar-refractivity contribution < 1.29 is 49.8 Å². The van der Waals surface area contributed by atoms with Gasteiger partial charge >= 0.3 is 0 Å². The first-order valence-electron chi connectivity index (χ1n) is 10.7. The summed E-state index contributed by atoms with van der Waals surface area (Å²) in [5, 5.41) is 45.2. The summed E-state index contributed by atoms with van der Waals surface area (Å²) in [5.74, 6) is 0. The van der Waals surface area contributed by atoms with Crippen molar-refractivity contribution in [1.29, 1.82) is 0 Å². The summed E-state index contributed by atoms with van der Waals surface area (Å²) in [5.41, 5.74) is -9.38. The second kappa shape index (κ2) is 9.02. The molecule has 1 aliphatic rings. The summed E-state index contributed by atoms with van der Waals surface area (Å²) in [7, 11) is 0. The second-order valence-electron chi connectivity index (χ2n) is 6.94. The minimum absolute atomic E-state index is 0.0609. The number of aliphatic hydroxyl groups excluding tert-OH is 1. The van der Waals surface area contributed by atoms with Crippen molar-refractivity contribution in [2.45, 2.75) is 60.8 Å². The van der Waals surface area contributed by atoms with Crippen LogP contribution in [0.3, 0.4) is 0 Å². The van der Waals surface area contributed by atoms with Crippen LogP contribution in [0.25, 0.3) is 0 Å². The third-order valence-corrected chi connectivity index (χ3v) is 5.38. The lowest BCUT2D eigenvalue weighted by Gasteiger charge is -2.61. The molecule has 4 N–H and O–H groups in total. The van der Waals surface area contributed by atoms with E-state index in [4.69, 9.17) is 10.2 Å². The summed E-state index contributed by atoms with van der Waals surface area (Å²) in [4.78, 5) is 46.6. The van der Waals surface area contributed by atoms with E-state index < -0.39 is 85.8 Å². The third-order valence-electron chi connectivity index (χ3n) is 5.38. The number of benzene rings is 1. The van der Waals surface area contributed by atoms with Crippen molar-refractivity contribution in [3.63, 3.8) is 0 Å². The molecular formula is C20H24O9. The largest absolute Gasteiger partial charge is 0.390 e. The standard InChI is InChI=1S/C20H24O9/c21-10-6-15(25)17-19(27,8-12-23)20(28,9-13-24)18(26,7-11-22)16(29-17)14-4-2-1-3-5-14/h1-5,10-13,15-17,25-28H,6-9H2/t15?,16?,17-,18-,19-,20-/m1/s1/i10D,11D,12D,13D. The Bertz CT molecular complexity index is 929. The Morgan fingerprint density at radius 3 is 2.00 bits per heavy atom. The van der Waals surface area contributed by atoms with Crippen molar-refractivity contribution in [3.8, 4) is 0 Å². The highest BCUT2D eigenvalue weighted by atomic mass is 16.6. The Kier molecular flexibility index (Phi) is 5.46. The number of aldehydes is 4. The van der Waals surface area contributed by atoms with Gasteiger partial charge in [0.15, 0.2) is 0 Å². The SMILES string of the molecule is [2H]C(=O)CC(O)[C@H]1OC(c2ccccc2)[C@](O)(CC([2H])=O)[C@](O)(CC([2H])=O)[C@@]1(O)CC([2H])=O. The first kappa shape index (κ1) is 17.5. The van der Waals surface area contributed by atoms with Crippen LogP contribution < -0.4 is 0 Å². The summed E-state index contributed by atoms with van der Waals surface area (Å²) in [6, 6.07) is 7.26. The van der Waals surface area contributed by atoms with E-state index in [1.54, 1.807) is 6.07 Å². The molecule has 1 aromatic rings. The van der Waals surface area contributed by atoms with Crippen LogP contribution in [0, 0.1) is 0 Å². The number of hydrogen-bond donors (Lipinski definition) is 4. The van der Waals surface area contributed by atoms with Gasteiger partial charge in [-0.2, -0.15) is 0 Å². The highest BCUT2D eigenvalue weighted by molar-refractivity contribution is 5.60. The van der Waals surface area contributed by atoms with Gasteiger partial charge in [0.25, 0.3) is 0 Å². The zero-order chi connectivity index (χ0) is 25.2. The molecule has 0 aliphatic carbocycles. The number of hydrogen-bond acceptors (Lipinski definition) is 9. The van der Waals surface area contributed by atoms with Crippen molar-refractivity contribution >= 4 is 25.0 Å². The zero-order valence-electron chi connectivity index (χ0n) is 19.3. The Balaban J connectivity index is 2.87. The van der Waals surface area contributed by atoms with Crippen LogP contribution >= 0.6 is 0 Å². The molecule has 158 valence electrons. The van der Waals surface area contributed by atoms with E-state index in [0.717, 1.165) is 0 Å². The zero-order valence-corrected chi connectivity index (χ0v) is 15.3. The molecule has 2 rings (SSSR count). The molecule has 29 heavy (non-hydrogen) atoms. The van der Waals surface area contributed by atoms with E-state index in [0.29, 0.717) is 0 Å². The van der Waals surface area contributed by atoms with Crippen LogP contribution in [-0.2, 0) is 23.9 Å². The highest BCUT2D eigenvalue weighted by Crippen LogP contribution is 2.54. The fourth-order valence-corrected chi connectivity index (χ4v) is 3.90. The number of carbonyl (C=O) groups excluding carboxylic acids is 4. The van der Waals surface area contributed by atoms with Crippen molar-refractivity contribution in [2.24, 2.45) is 0 Å². The minimum atomic E-state index is -3.28. The first-order chi connectivity index (χ1) is 15.2. The van der Waals surface area contributed by atoms with Gasteiger partial charge in [0.1, 0.15) is 59.5 Å². The van der Waals surface area contributed by atoms with Gasteiger partial charge in [-0.1, -0.05) is 30.3 Å². The molecule has 1 aromatic carbocycles. The maximum atomic E-state index is 11.8. The van der Waals surface area contributed by atoms with Crippen LogP contribution in [0.15, 0.2) is 30.3 Å². The first-order valence-corrected chi connectivity index (χ1v) is 8.71. The van der Waals surface area contributed by atoms with Crippen LogP contribution in [0.1, 0.15) is 42.8 Å². The van der Waals surface area contributed by atoms with Crippen LogP contribution in [-0.4, -0.2) is 74.5 Å². The maximum absolute atomic E-state index is 11.8. The van der Waals surface area contributed by atoms with Gasteiger partial charge in [-0.15, -0.1) is 0 Å². The molecule has 0 saturated carbocycles. The van der Waals surface area contributed by atoms with Gasteiger partial charge in [-0.25, -0.2) is 0 Å². The van der Waals surface area contributed by atoms with Gasteiger partial charge in [0.05, 0.1) is 6.10 Å². The van der Waals surface area contributed by atoms with Gasteiger partial charge in [0.2, 0.25) is 0 Å². The molecule has 0 radical (unpaired) electrons. The molecule has 2 unspecified atom stereocenters. The molecule has 6 atom stereocenters. The second-order valence-corrected chi connectivity index (χ2v) is 6.94. The molecular weight excluding hydrogens is 384 g/mol. The monoisotopic (exact) mass is 412 g/mol. The summed E-state index contributed by atoms with van der Waals surface area (Å²) in [6.45, 7) is 0. The molecule has 1 heterocycles. The van der Waals surface area contributed by atoms with E-state index >= 15 is 0 Å². The number of aliphatic hydroxyl groups is 4.